The first-order chi connectivity index (χ1) is 15.5. The summed E-state index contributed by atoms with van der Waals surface area (Å²) in [6.07, 6.45) is 5.70. The van der Waals surface area contributed by atoms with E-state index in [9.17, 15) is 13.2 Å². The lowest BCUT2D eigenvalue weighted by Gasteiger charge is -2.33. The smallest absolute Gasteiger partial charge is 0.246 e. The van der Waals surface area contributed by atoms with Gasteiger partial charge in [-0.25, -0.2) is 8.42 Å². The van der Waals surface area contributed by atoms with Crippen molar-refractivity contribution < 1.29 is 13.2 Å². The maximum atomic E-state index is 12.8. The third-order valence-electron chi connectivity index (χ3n) is 5.62. The van der Waals surface area contributed by atoms with Gasteiger partial charge < -0.3 is 9.47 Å². The van der Waals surface area contributed by atoms with E-state index in [1.165, 1.54) is 10.4 Å². The number of benzene rings is 2. The standard InChI is InChI=1S/C24H24N4O3S/c25-13-6-14-27-19-20(22-9-4-5-10-23(22)27)11-12-24(29)26-15-17-28(18-16-26)32(30,31)21-7-2-1-3-8-21/h1-5,7-12,19H,6,14-18H2/b12-11+. The van der Waals surface area contributed by atoms with Crippen LogP contribution in [-0.4, -0.2) is 54.3 Å². The Hall–Kier alpha value is -3.41. The third kappa shape index (κ3) is 4.44. The predicted octanol–water partition coefficient (Wildman–Crippen LogP) is 3.10. The molecule has 1 aliphatic heterocycles. The summed E-state index contributed by atoms with van der Waals surface area (Å²) >= 11 is 0. The topological polar surface area (TPSA) is 86.4 Å². The highest BCUT2D eigenvalue weighted by Crippen LogP contribution is 2.23. The second kappa shape index (κ2) is 9.39. The number of amides is 1. The molecule has 3 aromatic rings. The summed E-state index contributed by atoms with van der Waals surface area (Å²) in [6, 6.07) is 18.4. The molecule has 1 aliphatic rings. The summed E-state index contributed by atoms with van der Waals surface area (Å²) in [7, 11) is -3.54. The molecule has 0 N–H and O–H groups in total. The third-order valence-corrected chi connectivity index (χ3v) is 7.53. The summed E-state index contributed by atoms with van der Waals surface area (Å²) in [5.74, 6) is -0.143. The van der Waals surface area contributed by atoms with E-state index in [1.807, 2.05) is 35.0 Å². The Labute approximate surface area is 187 Å². The van der Waals surface area contributed by atoms with E-state index in [2.05, 4.69) is 6.07 Å². The second-order valence-electron chi connectivity index (χ2n) is 7.58. The zero-order valence-corrected chi connectivity index (χ0v) is 18.4. The SMILES string of the molecule is N#CCCn1cc(/C=C/C(=O)N2CCN(S(=O)(=O)c3ccccc3)CC2)c2ccccc21. The molecular weight excluding hydrogens is 424 g/mol. The molecule has 0 aliphatic carbocycles. The Morgan fingerprint density at radius 3 is 2.41 bits per heavy atom. The lowest BCUT2D eigenvalue weighted by atomic mass is 10.1. The number of rotatable bonds is 6. The van der Waals surface area contributed by atoms with Crippen molar-refractivity contribution in [3.8, 4) is 6.07 Å². The number of carbonyl (C=O) groups is 1. The Balaban J connectivity index is 1.43. The van der Waals surface area contributed by atoms with Crippen molar-refractivity contribution in [3.05, 3.63) is 72.4 Å². The number of hydrogen-bond acceptors (Lipinski definition) is 4. The van der Waals surface area contributed by atoms with Crippen LogP contribution in [0.15, 0.2) is 71.8 Å². The summed E-state index contributed by atoms with van der Waals surface area (Å²) in [5.41, 5.74) is 1.94. The minimum absolute atomic E-state index is 0.143. The van der Waals surface area contributed by atoms with Gasteiger partial charge in [-0.05, 0) is 24.3 Å². The maximum Gasteiger partial charge on any atom is 0.246 e. The first kappa shape index (κ1) is 21.8. The number of hydrogen-bond donors (Lipinski definition) is 0. The Morgan fingerprint density at radius 1 is 1.00 bits per heavy atom. The van der Waals surface area contributed by atoms with Crippen LogP contribution in [0.3, 0.4) is 0 Å². The molecule has 1 amide bonds. The molecule has 0 spiro atoms. The Bertz CT molecular complexity index is 1280. The van der Waals surface area contributed by atoms with Crippen molar-refractivity contribution in [1.29, 1.82) is 5.26 Å². The van der Waals surface area contributed by atoms with Crippen molar-refractivity contribution in [2.45, 2.75) is 17.9 Å². The van der Waals surface area contributed by atoms with Gasteiger partial charge in [0.05, 0.1) is 17.4 Å². The zero-order chi connectivity index (χ0) is 22.6. The van der Waals surface area contributed by atoms with Crippen LogP contribution in [0.25, 0.3) is 17.0 Å². The fourth-order valence-corrected chi connectivity index (χ4v) is 5.36. The van der Waals surface area contributed by atoms with E-state index in [4.69, 9.17) is 5.26 Å². The molecule has 1 fully saturated rings. The van der Waals surface area contributed by atoms with Gasteiger partial charge in [-0.3, -0.25) is 4.79 Å². The van der Waals surface area contributed by atoms with Crippen LogP contribution in [0.4, 0.5) is 0 Å². The molecule has 164 valence electrons. The highest BCUT2D eigenvalue weighted by atomic mass is 32.2. The van der Waals surface area contributed by atoms with Gasteiger partial charge in [0.1, 0.15) is 0 Å². The lowest BCUT2D eigenvalue weighted by Crippen LogP contribution is -2.50. The number of fused-ring (bicyclic) bond motifs is 1. The van der Waals surface area contributed by atoms with Crippen LogP contribution in [0.5, 0.6) is 0 Å². The van der Waals surface area contributed by atoms with Gasteiger partial charge in [-0.1, -0.05) is 36.4 Å². The number of piperazine rings is 1. The molecule has 0 saturated carbocycles. The van der Waals surface area contributed by atoms with Crippen molar-refractivity contribution in [2.24, 2.45) is 0 Å². The van der Waals surface area contributed by atoms with E-state index in [0.29, 0.717) is 26.1 Å². The van der Waals surface area contributed by atoms with Gasteiger partial charge in [0, 0.05) is 61.5 Å². The van der Waals surface area contributed by atoms with Gasteiger partial charge in [0.2, 0.25) is 15.9 Å². The molecule has 8 heteroatoms. The molecule has 2 aromatic carbocycles. The molecule has 32 heavy (non-hydrogen) atoms. The molecule has 2 heterocycles. The van der Waals surface area contributed by atoms with E-state index >= 15 is 0 Å². The molecule has 4 rings (SSSR count). The largest absolute Gasteiger partial charge is 0.346 e. The normalized spacial score (nSPS) is 15.3. The summed E-state index contributed by atoms with van der Waals surface area (Å²) < 4.78 is 29.0. The van der Waals surface area contributed by atoms with E-state index < -0.39 is 10.0 Å². The van der Waals surface area contributed by atoms with Crippen molar-refractivity contribution >= 4 is 32.9 Å². The minimum Gasteiger partial charge on any atom is -0.346 e. The monoisotopic (exact) mass is 448 g/mol. The molecule has 1 aromatic heterocycles. The quantitative estimate of drug-likeness (QED) is 0.542. The van der Waals surface area contributed by atoms with Gasteiger partial charge in [0.25, 0.3) is 0 Å². The number of nitriles is 1. The highest BCUT2D eigenvalue weighted by Gasteiger charge is 2.29. The van der Waals surface area contributed by atoms with E-state index in [1.54, 1.807) is 41.3 Å². The first-order valence-electron chi connectivity index (χ1n) is 10.5. The average Bonchev–Trinajstić information content (AvgIpc) is 3.19. The number of aryl methyl sites for hydroxylation is 1. The number of carbonyl (C=O) groups excluding carboxylic acids is 1. The molecule has 0 atom stereocenters. The van der Waals surface area contributed by atoms with Crippen LogP contribution in [0.2, 0.25) is 0 Å². The molecule has 1 saturated heterocycles. The summed E-state index contributed by atoms with van der Waals surface area (Å²) in [6.45, 7) is 1.82. The van der Waals surface area contributed by atoms with Crippen molar-refractivity contribution in [1.82, 2.24) is 13.8 Å². The highest BCUT2D eigenvalue weighted by molar-refractivity contribution is 7.89. The lowest BCUT2D eigenvalue weighted by molar-refractivity contribution is -0.127. The molecule has 0 unspecified atom stereocenters. The van der Waals surface area contributed by atoms with Gasteiger partial charge in [0.15, 0.2) is 0 Å². The molecule has 0 radical (unpaired) electrons. The van der Waals surface area contributed by atoms with Crippen LogP contribution in [0.1, 0.15) is 12.0 Å². The van der Waals surface area contributed by atoms with Crippen LogP contribution >= 0.6 is 0 Å². The van der Waals surface area contributed by atoms with E-state index in [0.717, 1.165) is 16.5 Å². The fourth-order valence-electron chi connectivity index (χ4n) is 3.92. The number of para-hydroxylation sites is 1. The number of nitrogens with zero attached hydrogens (tertiary/aromatic N) is 4. The first-order valence-corrected chi connectivity index (χ1v) is 11.9. The van der Waals surface area contributed by atoms with Crippen molar-refractivity contribution in [2.75, 3.05) is 26.2 Å². The minimum atomic E-state index is -3.54. The van der Waals surface area contributed by atoms with Crippen molar-refractivity contribution in [3.63, 3.8) is 0 Å². The Kier molecular flexibility index (Phi) is 6.40. The second-order valence-corrected chi connectivity index (χ2v) is 9.52. The van der Waals surface area contributed by atoms with Crippen LogP contribution in [0, 0.1) is 11.3 Å². The van der Waals surface area contributed by atoms with Gasteiger partial charge >= 0.3 is 0 Å². The molecular formula is C24H24N4O3S. The summed E-state index contributed by atoms with van der Waals surface area (Å²) in [4.78, 5) is 14.7. The van der Waals surface area contributed by atoms with Crippen LogP contribution in [-0.2, 0) is 21.4 Å². The zero-order valence-electron chi connectivity index (χ0n) is 17.6. The van der Waals surface area contributed by atoms with E-state index in [-0.39, 0.29) is 23.9 Å². The predicted molar refractivity (Wildman–Crippen MR) is 123 cm³/mol. The van der Waals surface area contributed by atoms with Crippen LogP contribution < -0.4 is 0 Å². The molecule has 7 nitrogen and oxygen atoms in total. The Morgan fingerprint density at radius 2 is 1.69 bits per heavy atom. The maximum absolute atomic E-state index is 12.8. The number of aromatic nitrogens is 1. The van der Waals surface area contributed by atoms with Gasteiger partial charge in [-0.2, -0.15) is 9.57 Å². The number of sulfonamides is 1. The fraction of sp³-hybridized carbons (Fsp3) is 0.250. The average molecular weight is 449 g/mol. The summed E-state index contributed by atoms with van der Waals surface area (Å²) in [5, 5.41) is 9.91. The van der Waals surface area contributed by atoms with Gasteiger partial charge in [-0.15, -0.1) is 0 Å². The molecule has 0 bridgehead atoms.